The molecule has 0 radical (unpaired) electrons. The molecule has 0 saturated carbocycles. The van der Waals surface area contributed by atoms with Crippen LogP contribution >= 0.6 is 11.8 Å². The molecule has 2 aromatic carbocycles. The molecule has 0 aliphatic carbocycles. The molecule has 3 rings (SSSR count). The molecule has 23 heavy (non-hydrogen) atoms. The van der Waals surface area contributed by atoms with Crippen LogP contribution in [0.5, 0.6) is 0 Å². The lowest BCUT2D eigenvalue weighted by atomic mass is 10.1. The van der Waals surface area contributed by atoms with Gasteiger partial charge < -0.3 is 9.88 Å². The molecule has 5 heteroatoms. The van der Waals surface area contributed by atoms with Gasteiger partial charge in [0.25, 0.3) is 0 Å². The van der Waals surface area contributed by atoms with Crippen LogP contribution < -0.4 is 0 Å². The van der Waals surface area contributed by atoms with E-state index in [1.54, 1.807) is 4.90 Å². The standard InChI is InChI=1S/C18H19N3OS/c1-13-7-9-14(10-8-13)11-21(2)17(22)12-23-18-19-15-5-3-4-6-16(15)20-18/h3-10H,11-12H2,1-2H3,(H,19,20). The summed E-state index contributed by atoms with van der Waals surface area (Å²) in [5, 5.41) is 0.781. The van der Waals surface area contributed by atoms with Crippen LogP contribution in [0.2, 0.25) is 0 Å². The van der Waals surface area contributed by atoms with E-state index >= 15 is 0 Å². The molecule has 118 valence electrons. The number of hydrogen-bond acceptors (Lipinski definition) is 3. The minimum Gasteiger partial charge on any atom is -0.341 e. The van der Waals surface area contributed by atoms with Crippen LogP contribution in [0, 0.1) is 6.92 Å². The van der Waals surface area contributed by atoms with Gasteiger partial charge in [-0.15, -0.1) is 0 Å². The van der Waals surface area contributed by atoms with E-state index < -0.39 is 0 Å². The molecule has 0 unspecified atom stereocenters. The van der Waals surface area contributed by atoms with Crippen LogP contribution in [-0.2, 0) is 11.3 Å². The maximum Gasteiger partial charge on any atom is 0.233 e. The van der Waals surface area contributed by atoms with Gasteiger partial charge in [0.2, 0.25) is 5.91 Å². The Morgan fingerprint density at radius 3 is 2.65 bits per heavy atom. The average molecular weight is 325 g/mol. The van der Waals surface area contributed by atoms with Crippen molar-refractivity contribution in [2.24, 2.45) is 0 Å². The number of carbonyl (C=O) groups is 1. The summed E-state index contributed by atoms with van der Waals surface area (Å²) in [6.07, 6.45) is 0. The predicted octanol–water partition coefficient (Wildman–Crippen LogP) is 3.62. The highest BCUT2D eigenvalue weighted by Crippen LogP contribution is 2.19. The van der Waals surface area contributed by atoms with Gasteiger partial charge >= 0.3 is 0 Å². The zero-order valence-electron chi connectivity index (χ0n) is 13.2. The number of H-pyrrole nitrogens is 1. The van der Waals surface area contributed by atoms with Crippen molar-refractivity contribution in [1.29, 1.82) is 0 Å². The third-order valence-electron chi connectivity index (χ3n) is 3.67. The number of carbonyl (C=O) groups excluding carboxylic acids is 1. The second kappa shape index (κ2) is 6.87. The zero-order valence-corrected chi connectivity index (χ0v) is 14.1. The van der Waals surface area contributed by atoms with Crippen LogP contribution in [0.15, 0.2) is 53.7 Å². The highest BCUT2D eigenvalue weighted by molar-refractivity contribution is 7.99. The molecule has 0 atom stereocenters. The lowest BCUT2D eigenvalue weighted by molar-refractivity contribution is -0.127. The van der Waals surface area contributed by atoms with Gasteiger partial charge in [-0.2, -0.15) is 0 Å². The second-order valence-corrected chi connectivity index (χ2v) is 6.55. The van der Waals surface area contributed by atoms with Crippen molar-refractivity contribution in [3.63, 3.8) is 0 Å². The van der Waals surface area contributed by atoms with Crippen LogP contribution in [0.3, 0.4) is 0 Å². The largest absolute Gasteiger partial charge is 0.341 e. The van der Waals surface area contributed by atoms with Gasteiger partial charge in [-0.1, -0.05) is 53.7 Å². The fourth-order valence-electron chi connectivity index (χ4n) is 2.29. The van der Waals surface area contributed by atoms with Gasteiger partial charge in [-0.25, -0.2) is 4.98 Å². The summed E-state index contributed by atoms with van der Waals surface area (Å²) in [4.78, 5) is 21.7. The van der Waals surface area contributed by atoms with E-state index in [2.05, 4.69) is 41.2 Å². The number of amides is 1. The third-order valence-corrected chi connectivity index (χ3v) is 4.52. The molecule has 0 aliphatic rings. The first-order valence-corrected chi connectivity index (χ1v) is 8.47. The van der Waals surface area contributed by atoms with Gasteiger partial charge in [-0.05, 0) is 24.6 Å². The number of aryl methyl sites for hydroxylation is 1. The molecular formula is C18H19N3OS. The van der Waals surface area contributed by atoms with E-state index in [0.717, 1.165) is 21.8 Å². The molecule has 0 spiro atoms. The molecule has 0 bridgehead atoms. The van der Waals surface area contributed by atoms with Crippen molar-refractivity contribution in [1.82, 2.24) is 14.9 Å². The Kier molecular flexibility index (Phi) is 4.67. The Hall–Kier alpha value is -2.27. The van der Waals surface area contributed by atoms with E-state index in [0.29, 0.717) is 12.3 Å². The highest BCUT2D eigenvalue weighted by atomic mass is 32.2. The monoisotopic (exact) mass is 325 g/mol. The first-order valence-electron chi connectivity index (χ1n) is 7.49. The van der Waals surface area contributed by atoms with Gasteiger partial charge in [0.15, 0.2) is 5.16 Å². The van der Waals surface area contributed by atoms with Crippen LogP contribution in [0.1, 0.15) is 11.1 Å². The normalized spacial score (nSPS) is 10.9. The second-order valence-electron chi connectivity index (χ2n) is 5.58. The zero-order chi connectivity index (χ0) is 16.2. The van der Waals surface area contributed by atoms with Gasteiger partial charge in [0.05, 0.1) is 16.8 Å². The number of aromatic nitrogens is 2. The number of rotatable bonds is 5. The lowest BCUT2D eigenvalue weighted by Crippen LogP contribution is -2.27. The summed E-state index contributed by atoms with van der Waals surface area (Å²) in [5.41, 5.74) is 4.29. The molecule has 4 nitrogen and oxygen atoms in total. The van der Waals surface area contributed by atoms with E-state index in [4.69, 9.17) is 0 Å². The first kappa shape index (κ1) is 15.6. The number of benzene rings is 2. The number of hydrogen-bond donors (Lipinski definition) is 1. The van der Waals surface area contributed by atoms with E-state index in [1.165, 1.54) is 17.3 Å². The summed E-state index contributed by atoms with van der Waals surface area (Å²) in [6.45, 7) is 2.68. The highest BCUT2D eigenvalue weighted by Gasteiger charge is 2.11. The molecule has 0 aliphatic heterocycles. The van der Waals surface area contributed by atoms with Gasteiger partial charge in [-0.3, -0.25) is 4.79 Å². The molecule has 1 N–H and O–H groups in total. The quantitative estimate of drug-likeness (QED) is 0.729. The lowest BCUT2D eigenvalue weighted by Gasteiger charge is -2.16. The van der Waals surface area contributed by atoms with Crippen molar-refractivity contribution < 1.29 is 4.79 Å². The number of fused-ring (bicyclic) bond motifs is 1. The van der Waals surface area contributed by atoms with Crippen LogP contribution in [0.4, 0.5) is 0 Å². The predicted molar refractivity (Wildman–Crippen MR) is 94.5 cm³/mol. The van der Waals surface area contributed by atoms with Crippen molar-refractivity contribution >= 4 is 28.7 Å². The van der Waals surface area contributed by atoms with Crippen LogP contribution in [-0.4, -0.2) is 33.6 Å². The fraction of sp³-hybridized carbons (Fsp3) is 0.222. The van der Waals surface area contributed by atoms with Gasteiger partial charge in [0, 0.05) is 13.6 Å². The Labute approximate surface area is 139 Å². The minimum absolute atomic E-state index is 0.0935. The molecule has 0 fully saturated rings. The molecule has 1 aromatic heterocycles. The summed E-state index contributed by atoms with van der Waals surface area (Å²) >= 11 is 1.44. The topological polar surface area (TPSA) is 49.0 Å². The summed E-state index contributed by atoms with van der Waals surface area (Å²) in [6, 6.07) is 16.1. The Morgan fingerprint density at radius 2 is 1.91 bits per heavy atom. The maximum absolute atomic E-state index is 12.3. The number of nitrogens with zero attached hydrogens (tertiary/aromatic N) is 2. The first-order chi connectivity index (χ1) is 11.1. The van der Waals surface area contributed by atoms with Gasteiger partial charge in [0.1, 0.15) is 0 Å². The van der Waals surface area contributed by atoms with Crippen LogP contribution in [0.25, 0.3) is 11.0 Å². The fourth-order valence-corrected chi connectivity index (χ4v) is 3.12. The molecular weight excluding hydrogens is 306 g/mol. The van der Waals surface area contributed by atoms with Crippen molar-refractivity contribution in [2.45, 2.75) is 18.6 Å². The summed E-state index contributed by atoms with van der Waals surface area (Å²) in [7, 11) is 1.83. The van der Waals surface area contributed by atoms with E-state index in [-0.39, 0.29) is 5.91 Å². The van der Waals surface area contributed by atoms with Crippen molar-refractivity contribution in [3.8, 4) is 0 Å². The smallest absolute Gasteiger partial charge is 0.233 e. The number of aromatic amines is 1. The third kappa shape index (κ3) is 3.93. The van der Waals surface area contributed by atoms with E-state index in [1.807, 2.05) is 31.3 Å². The maximum atomic E-state index is 12.3. The molecule has 1 amide bonds. The molecule has 3 aromatic rings. The number of para-hydroxylation sites is 2. The SMILES string of the molecule is Cc1ccc(CN(C)C(=O)CSc2nc3ccccc3[nH]2)cc1. The number of imidazole rings is 1. The summed E-state index contributed by atoms with van der Waals surface area (Å²) < 4.78 is 0. The summed E-state index contributed by atoms with van der Waals surface area (Å²) in [5.74, 6) is 0.471. The molecule has 1 heterocycles. The Morgan fingerprint density at radius 1 is 1.17 bits per heavy atom. The van der Waals surface area contributed by atoms with Crippen molar-refractivity contribution in [3.05, 3.63) is 59.7 Å². The van der Waals surface area contributed by atoms with Crippen molar-refractivity contribution in [2.75, 3.05) is 12.8 Å². The number of nitrogens with one attached hydrogen (secondary N) is 1. The van der Waals surface area contributed by atoms with E-state index in [9.17, 15) is 4.79 Å². The average Bonchev–Trinajstić information content (AvgIpc) is 2.97. The Bertz CT molecular complexity index is 778. The minimum atomic E-state index is 0.0935. The Balaban J connectivity index is 1.56. The number of thioether (sulfide) groups is 1. The molecule has 0 saturated heterocycles.